The van der Waals surface area contributed by atoms with Gasteiger partial charge in [-0.15, -0.1) is 12.4 Å². The van der Waals surface area contributed by atoms with Crippen molar-refractivity contribution in [3.63, 3.8) is 0 Å². The van der Waals surface area contributed by atoms with Gasteiger partial charge in [-0.05, 0) is 13.0 Å². The molecule has 110 valence electrons. The first-order valence-corrected chi connectivity index (χ1v) is 6.41. The number of rotatable bonds is 6. The molecule has 0 fully saturated rings. The van der Waals surface area contributed by atoms with Crippen LogP contribution in [0.3, 0.4) is 0 Å². The molecular formula is C13H24ClN3O2. The number of hydrogen-bond acceptors (Lipinski definition) is 4. The molecule has 0 unspecified atom stereocenters. The van der Waals surface area contributed by atoms with Crippen molar-refractivity contribution in [2.75, 3.05) is 19.6 Å². The molecule has 1 aromatic heterocycles. The van der Waals surface area contributed by atoms with Crippen LogP contribution in [0.15, 0.2) is 10.6 Å². The molecule has 0 radical (unpaired) electrons. The van der Waals surface area contributed by atoms with Crippen LogP contribution in [0.25, 0.3) is 0 Å². The number of carbonyl (C=O) groups is 1. The molecule has 0 aliphatic rings. The van der Waals surface area contributed by atoms with Crippen molar-refractivity contribution in [1.29, 1.82) is 0 Å². The number of aromatic nitrogens is 1. The lowest BCUT2D eigenvalue weighted by Gasteiger charge is -2.12. The molecule has 19 heavy (non-hydrogen) atoms. The fourth-order valence-electron chi connectivity index (χ4n) is 1.39. The zero-order valence-corrected chi connectivity index (χ0v) is 12.9. The highest BCUT2D eigenvalue weighted by Gasteiger charge is 2.21. The Hall–Kier alpha value is -1.07. The van der Waals surface area contributed by atoms with E-state index in [0.29, 0.717) is 12.2 Å². The van der Waals surface area contributed by atoms with Gasteiger partial charge < -0.3 is 15.2 Å². The Labute approximate surface area is 120 Å². The maximum Gasteiger partial charge on any atom is 0.273 e. The van der Waals surface area contributed by atoms with E-state index >= 15 is 0 Å². The van der Waals surface area contributed by atoms with E-state index in [1.165, 1.54) is 0 Å². The number of amides is 1. The van der Waals surface area contributed by atoms with Crippen molar-refractivity contribution < 1.29 is 9.32 Å². The zero-order valence-electron chi connectivity index (χ0n) is 12.1. The lowest BCUT2D eigenvalue weighted by molar-refractivity contribution is 0.0944. The summed E-state index contributed by atoms with van der Waals surface area (Å²) in [5, 5.41) is 9.80. The number of carbonyl (C=O) groups excluding carboxylic acids is 1. The van der Waals surface area contributed by atoms with E-state index in [9.17, 15) is 4.79 Å². The third kappa shape index (κ3) is 6.07. The largest absolute Gasteiger partial charge is 0.360 e. The van der Waals surface area contributed by atoms with Crippen LogP contribution in [0.1, 0.15) is 50.4 Å². The predicted molar refractivity (Wildman–Crippen MR) is 77.9 cm³/mol. The molecule has 6 heteroatoms. The standard InChI is InChI=1S/C13H23N3O2.ClH/c1-5-6-14-7-8-15-12(17)10-9-11(18-16-10)13(2,3)4;/h9,14H,5-8H2,1-4H3,(H,15,17);1H. The molecule has 0 aliphatic carbocycles. The Balaban J connectivity index is 0.00000324. The van der Waals surface area contributed by atoms with Crippen molar-refractivity contribution in [1.82, 2.24) is 15.8 Å². The summed E-state index contributed by atoms with van der Waals surface area (Å²) < 4.78 is 5.17. The first kappa shape index (κ1) is 17.9. The minimum atomic E-state index is -0.187. The summed E-state index contributed by atoms with van der Waals surface area (Å²) in [6.45, 7) is 10.5. The summed E-state index contributed by atoms with van der Waals surface area (Å²) in [4.78, 5) is 11.8. The van der Waals surface area contributed by atoms with Gasteiger partial charge in [0, 0.05) is 24.6 Å². The summed E-state index contributed by atoms with van der Waals surface area (Å²) >= 11 is 0. The molecule has 1 aromatic rings. The maximum absolute atomic E-state index is 11.8. The molecule has 2 N–H and O–H groups in total. The molecule has 1 heterocycles. The highest BCUT2D eigenvalue weighted by Crippen LogP contribution is 2.22. The molecule has 0 spiro atoms. The van der Waals surface area contributed by atoms with Crippen LogP contribution in [0, 0.1) is 0 Å². The number of nitrogens with one attached hydrogen (secondary N) is 2. The third-order valence-electron chi connectivity index (χ3n) is 2.50. The molecule has 1 rings (SSSR count). The minimum absolute atomic E-state index is 0. The topological polar surface area (TPSA) is 67.2 Å². The lowest BCUT2D eigenvalue weighted by Crippen LogP contribution is -2.32. The van der Waals surface area contributed by atoms with Gasteiger partial charge in [-0.3, -0.25) is 4.79 Å². The quantitative estimate of drug-likeness (QED) is 0.787. The minimum Gasteiger partial charge on any atom is -0.360 e. The maximum atomic E-state index is 11.8. The SMILES string of the molecule is CCCNCCNC(=O)c1cc(C(C)(C)C)on1.Cl. The van der Waals surface area contributed by atoms with Crippen molar-refractivity contribution in [2.45, 2.75) is 39.5 Å². The fraction of sp³-hybridized carbons (Fsp3) is 0.692. The molecule has 0 saturated heterocycles. The Morgan fingerprint density at radius 2 is 2.00 bits per heavy atom. The van der Waals surface area contributed by atoms with Crippen LogP contribution < -0.4 is 10.6 Å². The molecule has 0 atom stereocenters. The second kappa shape index (κ2) is 8.17. The average molecular weight is 290 g/mol. The van der Waals surface area contributed by atoms with Gasteiger partial charge >= 0.3 is 0 Å². The Bertz CT molecular complexity index is 385. The van der Waals surface area contributed by atoms with E-state index in [1.807, 2.05) is 20.8 Å². The first-order valence-electron chi connectivity index (χ1n) is 6.41. The van der Waals surface area contributed by atoms with Gasteiger partial charge in [-0.2, -0.15) is 0 Å². The van der Waals surface area contributed by atoms with E-state index < -0.39 is 0 Å². The summed E-state index contributed by atoms with van der Waals surface area (Å²) in [6.07, 6.45) is 1.09. The number of halogens is 1. The van der Waals surface area contributed by atoms with Gasteiger partial charge in [-0.25, -0.2) is 0 Å². The zero-order chi connectivity index (χ0) is 13.6. The van der Waals surface area contributed by atoms with Gasteiger partial charge in [0.25, 0.3) is 5.91 Å². The highest BCUT2D eigenvalue weighted by molar-refractivity contribution is 5.92. The Kier molecular flexibility index (Phi) is 7.71. The van der Waals surface area contributed by atoms with Crippen LogP contribution in [0.4, 0.5) is 0 Å². The predicted octanol–water partition coefficient (Wildman–Crippen LogP) is 2.12. The molecule has 0 aliphatic heterocycles. The molecule has 0 bridgehead atoms. The van der Waals surface area contributed by atoms with Gasteiger partial charge in [0.1, 0.15) is 5.76 Å². The molecular weight excluding hydrogens is 266 g/mol. The van der Waals surface area contributed by atoms with E-state index in [-0.39, 0.29) is 23.7 Å². The second-order valence-corrected chi connectivity index (χ2v) is 5.33. The third-order valence-corrected chi connectivity index (χ3v) is 2.50. The van der Waals surface area contributed by atoms with Gasteiger partial charge in [0.15, 0.2) is 5.69 Å². The van der Waals surface area contributed by atoms with Crippen LogP contribution in [0.5, 0.6) is 0 Å². The Morgan fingerprint density at radius 1 is 1.32 bits per heavy atom. The van der Waals surface area contributed by atoms with Gasteiger partial charge in [0.2, 0.25) is 0 Å². The van der Waals surface area contributed by atoms with Crippen LogP contribution >= 0.6 is 12.4 Å². The number of hydrogen-bond donors (Lipinski definition) is 2. The smallest absolute Gasteiger partial charge is 0.273 e. The van der Waals surface area contributed by atoms with E-state index in [1.54, 1.807) is 6.07 Å². The van der Waals surface area contributed by atoms with Crippen LogP contribution in [-0.2, 0) is 5.41 Å². The lowest BCUT2D eigenvalue weighted by atomic mass is 9.93. The average Bonchev–Trinajstić information content (AvgIpc) is 2.77. The van der Waals surface area contributed by atoms with E-state index in [0.717, 1.165) is 25.3 Å². The van der Waals surface area contributed by atoms with Crippen LogP contribution in [-0.4, -0.2) is 30.7 Å². The van der Waals surface area contributed by atoms with Crippen molar-refractivity contribution in [2.24, 2.45) is 0 Å². The summed E-state index contributed by atoms with van der Waals surface area (Å²) in [5.74, 6) is 0.532. The highest BCUT2D eigenvalue weighted by atomic mass is 35.5. The van der Waals surface area contributed by atoms with E-state index in [2.05, 4.69) is 22.7 Å². The van der Waals surface area contributed by atoms with Crippen molar-refractivity contribution in [3.8, 4) is 0 Å². The molecule has 5 nitrogen and oxygen atoms in total. The Morgan fingerprint density at radius 3 is 2.53 bits per heavy atom. The van der Waals surface area contributed by atoms with Crippen molar-refractivity contribution in [3.05, 3.63) is 17.5 Å². The fourth-order valence-corrected chi connectivity index (χ4v) is 1.39. The van der Waals surface area contributed by atoms with Crippen molar-refractivity contribution >= 4 is 18.3 Å². The molecule has 0 aromatic carbocycles. The monoisotopic (exact) mass is 289 g/mol. The van der Waals surface area contributed by atoms with Gasteiger partial charge in [-0.1, -0.05) is 32.9 Å². The normalized spacial score (nSPS) is 10.9. The second-order valence-electron chi connectivity index (χ2n) is 5.33. The summed E-state index contributed by atoms with van der Waals surface area (Å²) in [5.41, 5.74) is 0.212. The van der Waals surface area contributed by atoms with E-state index in [4.69, 9.17) is 4.52 Å². The number of nitrogens with zero attached hydrogens (tertiary/aromatic N) is 1. The summed E-state index contributed by atoms with van der Waals surface area (Å²) in [6, 6.07) is 1.70. The first-order chi connectivity index (χ1) is 8.45. The molecule has 0 saturated carbocycles. The summed E-state index contributed by atoms with van der Waals surface area (Å²) in [7, 11) is 0. The van der Waals surface area contributed by atoms with Gasteiger partial charge in [0.05, 0.1) is 0 Å². The molecule has 1 amide bonds. The van der Waals surface area contributed by atoms with Crippen LogP contribution in [0.2, 0.25) is 0 Å².